The molecule has 1 amide bonds. The lowest BCUT2D eigenvalue weighted by Crippen LogP contribution is -2.50. The Morgan fingerprint density at radius 2 is 2.54 bits per heavy atom. The fourth-order valence-electron chi connectivity index (χ4n) is 2.46. The molecule has 70 valence electrons. The van der Waals surface area contributed by atoms with Crippen LogP contribution < -0.4 is 5.32 Å². The number of likely N-dealkylation sites (N-methyl/N-ethyl adjacent to an activating group) is 1. The maximum Gasteiger partial charge on any atom is 0.225 e. The number of carbonyl (C=O) groups excluding carboxylic acids is 1. The van der Waals surface area contributed by atoms with Crippen LogP contribution in [0.15, 0.2) is 0 Å². The standard InChI is InChI=1S/C9H13N3O/c1-11-9(6-10)5-8(13)12-4-2-3-7(9)12/h7,11H,2-5H2,1H3. The summed E-state index contributed by atoms with van der Waals surface area (Å²) in [4.78, 5) is 13.4. The second kappa shape index (κ2) is 2.71. The predicted molar refractivity (Wildman–Crippen MR) is 46.8 cm³/mol. The summed E-state index contributed by atoms with van der Waals surface area (Å²) in [7, 11) is 1.76. The molecule has 2 rings (SSSR count). The van der Waals surface area contributed by atoms with Crippen molar-refractivity contribution in [1.82, 2.24) is 10.2 Å². The van der Waals surface area contributed by atoms with Gasteiger partial charge >= 0.3 is 0 Å². The highest BCUT2D eigenvalue weighted by Crippen LogP contribution is 2.36. The van der Waals surface area contributed by atoms with E-state index in [9.17, 15) is 4.79 Å². The minimum absolute atomic E-state index is 0.106. The average molecular weight is 179 g/mol. The van der Waals surface area contributed by atoms with Gasteiger partial charge < -0.3 is 10.2 Å². The van der Waals surface area contributed by atoms with Gasteiger partial charge in [0.25, 0.3) is 0 Å². The normalized spacial score (nSPS) is 37.7. The summed E-state index contributed by atoms with van der Waals surface area (Å²) < 4.78 is 0. The molecule has 2 aliphatic heterocycles. The fourth-order valence-corrected chi connectivity index (χ4v) is 2.46. The minimum Gasteiger partial charge on any atom is -0.337 e. The van der Waals surface area contributed by atoms with Gasteiger partial charge in [0.15, 0.2) is 0 Å². The SMILES string of the molecule is CNC1(C#N)CC(=O)N2CCCC21. The minimum atomic E-state index is -0.617. The molecule has 2 fully saturated rings. The van der Waals surface area contributed by atoms with Crippen LogP contribution in [-0.4, -0.2) is 36.0 Å². The number of rotatable bonds is 1. The summed E-state index contributed by atoms with van der Waals surface area (Å²) in [6.07, 6.45) is 2.33. The van der Waals surface area contributed by atoms with Gasteiger partial charge in [0.2, 0.25) is 5.91 Å². The summed E-state index contributed by atoms with van der Waals surface area (Å²) in [5, 5.41) is 12.1. The Hall–Kier alpha value is -1.08. The lowest BCUT2D eigenvalue weighted by atomic mass is 9.90. The molecule has 0 saturated carbocycles. The van der Waals surface area contributed by atoms with Gasteiger partial charge in [-0.3, -0.25) is 4.79 Å². The number of nitriles is 1. The highest BCUT2D eigenvalue weighted by atomic mass is 16.2. The number of hydrogen-bond donors (Lipinski definition) is 1. The van der Waals surface area contributed by atoms with E-state index in [1.165, 1.54) is 0 Å². The Morgan fingerprint density at radius 3 is 3.15 bits per heavy atom. The van der Waals surface area contributed by atoms with Crippen molar-refractivity contribution in [2.45, 2.75) is 30.8 Å². The van der Waals surface area contributed by atoms with Crippen LogP contribution in [0.5, 0.6) is 0 Å². The van der Waals surface area contributed by atoms with E-state index in [0.29, 0.717) is 6.42 Å². The molecule has 2 atom stereocenters. The molecule has 2 heterocycles. The van der Waals surface area contributed by atoms with Crippen LogP contribution in [0.4, 0.5) is 0 Å². The molecular formula is C9H13N3O. The lowest BCUT2D eigenvalue weighted by Gasteiger charge is -2.26. The predicted octanol–water partition coefficient (Wildman–Crippen LogP) is -0.137. The molecule has 13 heavy (non-hydrogen) atoms. The highest BCUT2D eigenvalue weighted by molar-refractivity contribution is 5.82. The first-order chi connectivity index (χ1) is 6.23. The van der Waals surface area contributed by atoms with Gasteiger partial charge in [-0.25, -0.2) is 0 Å². The lowest BCUT2D eigenvalue weighted by molar-refractivity contribution is -0.127. The number of nitrogens with one attached hydrogen (secondary N) is 1. The van der Waals surface area contributed by atoms with E-state index in [1.807, 2.05) is 4.90 Å². The zero-order valence-corrected chi connectivity index (χ0v) is 7.71. The molecule has 1 N–H and O–H groups in total. The van der Waals surface area contributed by atoms with Crippen LogP contribution in [0.2, 0.25) is 0 Å². The molecule has 0 aliphatic carbocycles. The Balaban J connectivity index is 2.33. The molecule has 4 nitrogen and oxygen atoms in total. The van der Waals surface area contributed by atoms with Crippen molar-refractivity contribution in [2.24, 2.45) is 0 Å². The zero-order chi connectivity index (χ0) is 9.47. The highest BCUT2D eigenvalue weighted by Gasteiger charge is 2.53. The van der Waals surface area contributed by atoms with Gasteiger partial charge in [0, 0.05) is 6.54 Å². The van der Waals surface area contributed by atoms with Crippen molar-refractivity contribution in [3.05, 3.63) is 0 Å². The summed E-state index contributed by atoms with van der Waals surface area (Å²) >= 11 is 0. The van der Waals surface area contributed by atoms with E-state index >= 15 is 0 Å². The third-order valence-electron chi connectivity index (χ3n) is 3.22. The fraction of sp³-hybridized carbons (Fsp3) is 0.778. The number of amides is 1. The molecule has 2 unspecified atom stereocenters. The van der Waals surface area contributed by atoms with Crippen LogP contribution in [0.3, 0.4) is 0 Å². The molecule has 2 saturated heterocycles. The summed E-state index contributed by atoms with van der Waals surface area (Å²) in [5.41, 5.74) is -0.617. The first kappa shape index (κ1) is 8.52. The van der Waals surface area contributed by atoms with Crippen LogP contribution in [0, 0.1) is 11.3 Å². The third kappa shape index (κ3) is 0.971. The van der Waals surface area contributed by atoms with Gasteiger partial charge in [-0.05, 0) is 19.9 Å². The van der Waals surface area contributed by atoms with Crippen LogP contribution in [0.1, 0.15) is 19.3 Å². The number of nitrogens with zero attached hydrogens (tertiary/aromatic N) is 2. The van der Waals surface area contributed by atoms with Crippen LogP contribution in [0.25, 0.3) is 0 Å². The zero-order valence-electron chi connectivity index (χ0n) is 7.71. The van der Waals surface area contributed by atoms with Crippen molar-refractivity contribution in [1.29, 1.82) is 5.26 Å². The first-order valence-electron chi connectivity index (χ1n) is 4.63. The van der Waals surface area contributed by atoms with E-state index in [1.54, 1.807) is 7.05 Å². The second-order valence-corrected chi connectivity index (χ2v) is 3.76. The molecular weight excluding hydrogens is 166 g/mol. The quantitative estimate of drug-likeness (QED) is 0.609. The van der Waals surface area contributed by atoms with E-state index in [4.69, 9.17) is 5.26 Å². The van der Waals surface area contributed by atoms with Crippen molar-refractivity contribution >= 4 is 5.91 Å². The monoisotopic (exact) mass is 179 g/mol. The first-order valence-corrected chi connectivity index (χ1v) is 4.63. The number of hydrogen-bond acceptors (Lipinski definition) is 3. The topological polar surface area (TPSA) is 56.1 Å². The smallest absolute Gasteiger partial charge is 0.225 e. The van der Waals surface area contributed by atoms with Crippen LogP contribution >= 0.6 is 0 Å². The Morgan fingerprint density at radius 1 is 1.77 bits per heavy atom. The Kier molecular flexibility index (Phi) is 1.77. The second-order valence-electron chi connectivity index (χ2n) is 3.76. The van der Waals surface area contributed by atoms with E-state index in [-0.39, 0.29) is 11.9 Å². The van der Waals surface area contributed by atoms with Gasteiger partial charge in [0.1, 0.15) is 5.54 Å². The molecule has 0 aromatic carbocycles. The summed E-state index contributed by atoms with van der Waals surface area (Å²) in [6.45, 7) is 0.828. The van der Waals surface area contributed by atoms with Crippen molar-refractivity contribution < 1.29 is 4.79 Å². The summed E-state index contributed by atoms with van der Waals surface area (Å²) in [6, 6.07) is 2.36. The van der Waals surface area contributed by atoms with Gasteiger partial charge in [0.05, 0.1) is 18.5 Å². The molecule has 0 aromatic heterocycles. The van der Waals surface area contributed by atoms with Gasteiger partial charge in [-0.15, -0.1) is 0 Å². The average Bonchev–Trinajstić information content (AvgIpc) is 2.69. The van der Waals surface area contributed by atoms with Crippen molar-refractivity contribution in [2.75, 3.05) is 13.6 Å². The van der Waals surface area contributed by atoms with E-state index in [2.05, 4.69) is 11.4 Å². The maximum absolute atomic E-state index is 11.5. The molecule has 0 bridgehead atoms. The van der Waals surface area contributed by atoms with Crippen LogP contribution in [-0.2, 0) is 4.79 Å². The third-order valence-corrected chi connectivity index (χ3v) is 3.22. The maximum atomic E-state index is 11.5. The molecule has 4 heteroatoms. The molecule has 0 radical (unpaired) electrons. The van der Waals surface area contributed by atoms with E-state index < -0.39 is 5.54 Å². The van der Waals surface area contributed by atoms with Crippen molar-refractivity contribution in [3.63, 3.8) is 0 Å². The Labute approximate surface area is 77.5 Å². The van der Waals surface area contributed by atoms with Crippen molar-refractivity contribution in [3.8, 4) is 6.07 Å². The Bertz CT molecular complexity index is 283. The number of carbonyl (C=O) groups is 1. The number of fused-ring (bicyclic) bond motifs is 1. The molecule has 0 aromatic rings. The largest absolute Gasteiger partial charge is 0.337 e. The molecule has 2 aliphatic rings. The molecule has 0 spiro atoms. The van der Waals surface area contributed by atoms with Gasteiger partial charge in [-0.1, -0.05) is 0 Å². The summed E-state index contributed by atoms with van der Waals surface area (Å²) in [5.74, 6) is 0.124. The van der Waals surface area contributed by atoms with Gasteiger partial charge in [-0.2, -0.15) is 5.26 Å². The van der Waals surface area contributed by atoms with E-state index in [0.717, 1.165) is 19.4 Å².